The smallest absolute Gasteiger partial charge is 0.00952 e. The lowest BCUT2D eigenvalue weighted by molar-refractivity contribution is -0.0641. The second-order valence-corrected chi connectivity index (χ2v) is 8.03. The minimum absolute atomic E-state index is 0.742. The van der Waals surface area contributed by atoms with Crippen LogP contribution in [0.5, 0.6) is 0 Å². The Bertz CT molecular complexity index is 259. The molecule has 1 nitrogen and oxygen atoms in total. The molecule has 0 aromatic rings. The molecule has 1 N–H and O–H groups in total. The van der Waals surface area contributed by atoms with Crippen molar-refractivity contribution >= 4 is 0 Å². The SMILES string of the molecule is CCNC(CC12CC3CC(CC(C3)C1)C2)C(C)C. The van der Waals surface area contributed by atoms with Gasteiger partial charge in [-0.1, -0.05) is 20.8 Å². The lowest BCUT2D eigenvalue weighted by atomic mass is 9.48. The van der Waals surface area contributed by atoms with Crippen LogP contribution in [0.4, 0.5) is 0 Å². The van der Waals surface area contributed by atoms with Gasteiger partial charge in [0.15, 0.2) is 0 Å². The molecule has 104 valence electrons. The molecule has 1 heteroatoms. The molecule has 0 radical (unpaired) electrons. The molecular weight excluding hydrogens is 218 g/mol. The number of nitrogens with one attached hydrogen (secondary N) is 1. The largest absolute Gasteiger partial charge is 0.314 e. The first-order chi connectivity index (χ1) is 8.60. The van der Waals surface area contributed by atoms with Crippen LogP contribution < -0.4 is 5.32 Å². The molecule has 4 rings (SSSR count). The Morgan fingerprint density at radius 3 is 1.89 bits per heavy atom. The molecule has 0 aliphatic heterocycles. The summed E-state index contributed by atoms with van der Waals surface area (Å²) in [5, 5.41) is 3.76. The summed E-state index contributed by atoms with van der Waals surface area (Å²) in [6, 6.07) is 0.756. The molecule has 0 aromatic carbocycles. The van der Waals surface area contributed by atoms with E-state index in [1.54, 1.807) is 38.5 Å². The van der Waals surface area contributed by atoms with Crippen LogP contribution in [0, 0.1) is 29.1 Å². The molecule has 1 unspecified atom stereocenters. The van der Waals surface area contributed by atoms with Crippen LogP contribution in [0.25, 0.3) is 0 Å². The summed E-state index contributed by atoms with van der Waals surface area (Å²) in [6.45, 7) is 8.19. The van der Waals surface area contributed by atoms with Crippen LogP contribution in [0.2, 0.25) is 0 Å². The third kappa shape index (κ3) is 2.35. The van der Waals surface area contributed by atoms with E-state index in [9.17, 15) is 0 Å². The van der Waals surface area contributed by atoms with E-state index in [-0.39, 0.29) is 0 Å². The Balaban J connectivity index is 1.71. The van der Waals surface area contributed by atoms with E-state index in [1.165, 1.54) is 6.42 Å². The maximum absolute atomic E-state index is 3.76. The highest BCUT2D eigenvalue weighted by Gasteiger charge is 2.51. The molecule has 4 saturated carbocycles. The van der Waals surface area contributed by atoms with Crippen molar-refractivity contribution in [1.82, 2.24) is 5.32 Å². The van der Waals surface area contributed by atoms with Gasteiger partial charge in [-0.15, -0.1) is 0 Å². The Morgan fingerprint density at radius 1 is 1.00 bits per heavy atom. The van der Waals surface area contributed by atoms with Crippen LogP contribution in [-0.4, -0.2) is 12.6 Å². The normalized spacial score (nSPS) is 43.7. The molecule has 4 aliphatic carbocycles. The zero-order valence-corrected chi connectivity index (χ0v) is 12.5. The number of hydrogen-bond donors (Lipinski definition) is 1. The van der Waals surface area contributed by atoms with Gasteiger partial charge >= 0.3 is 0 Å². The van der Waals surface area contributed by atoms with Crippen LogP contribution in [-0.2, 0) is 0 Å². The molecule has 0 spiro atoms. The van der Waals surface area contributed by atoms with E-state index in [4.69, 9.17) is 0 Å². The van der Waals surface area contributed by atoms with Crippen LogP contribution in [0.1, 0.15) is 65.7 Å². The average Bonchev–Trinajstić information content (AvgIpc) is 2.26. The fourth-order valence-electron chi connectivity index (χ4n) is 5.81. The summed E-state index contributed by atoms with van der Waals surface area (Å²) in [4.78, 5) is 0. The predicted molar refractivity (Wildman–Crippen MR) is 77.5 cm³/mol. The highest BCUT2D eigenvalue weighted by Crippen LogP contribution is 2.61. The zero-order chi connectivity index (χ0) is 12.8. The van der Waals surface area contributed by atoms with Gasteiger partial charge in [0.05, 0.1) is 0 Å². The Labute approximate surface area is 113 Å². The van der Waals surface area contributed by atoms with E-state index >= 15 is 0 Å². The summed E-state index contributed by atoms with van der Waals surface area (Å²) in [7, 11) is 0. The maximum atomic E-state index is 3.76. The number of rotatable bonds is 5. The van der Waals surface area contributed by atoms with Gasteiger partial charge in [0.25, 0.3) is 0 Å². The first kappa shape index (κ1) is 13.0. The fraction of sp³-hybridized carbons (Fsp3) is 1.00. The van der Waals surface area contributed by atoms with Crippen molar-refractivity contribution in [3.05, 3.63) is 0 Å². The molecular formula is C17H31N. The van der Waals surface area contributed by atoms with Gasteiger partial charge < -0.3 is 5.32 Å². The lowest BCUT2D eigenvalue weighted by Gasteiger charge is -2.58. The van der Waals surface area contributed by atoms with Crippen molar-refractivity contribution in [2.75, 3.05) is 6.54 Å². The van der Waals surface area contributed by atoms with E-state index in [0.29, 0.717) is 0 Å². The Hall–Kier alpha value is -0.0400. The van der Waals surface area contributed by atoms with Crippen molar-refractivity contribution in [3.8, 4) is 0 Å². The van der Waals surface area contributed by atoms with E-state index in [1.807, 2.05) is 0 Å². The van der Waals surface area contributed by atoms with Crippen LogP contribution in [0.3, 0.4) is 0 Å². The third-order valence-electron chi connectivity index (χ3n) is 6.09. The standard InChI is InChI=1S/C17H31N/c1-4-18-16(12(2)3)11-17-8-13-5-14(9-17)7-15(6-13)10-17/h12-16,18H,4-11H2,1-3H3. The maximum Gasteiger partial charge on any atom is 0.00952 e. The lowest BCUT2D eigenvalue weighted by Crippen LogP contribution is -2.49. The highest BCUT2D eigenvalue weighted by atomic mass is 14.9. The average molecular weight is 249 g/mol. The topological polar surface area (TPSA) is 12.0 Å². The second-order valence-electron chi connectivity index (χ2n) is 8.03. The molecule has 0 heterocycles. The zero-order valence-electron chi connectivity index (χ0n) is 12.5. The minimum Gasteiger partial charge on any atom is -0.314 e. The summed E-state index contributed by atoms with van der Waals surface area (Å²) in [6.07, 6.45) is 10.9. The Morgan fingerprint density at radius 2 is 1.50 bits per heavy atom. The first-order valence-electron chi connectivity index (χ1n) is 8.33. The molecule has 0 amide bonds. The van der Waals surface area contributed by atoms with Gasteiger partial charge in [0.1, 0.15) is 0 Å². The molecule has 4 aliphatic rings. The van der Waals surface area contributed by atoms with E-state index < -0.39 is 0 Å². The van der Waals surface area contributed by atoms with Crippen molar-refractivity contribution in [3.63, 3.8) is 0 Å². The molecule has 4 fully saturated rings. The van der Waals surface area contributed by atoms with Crippen LogP contribution >= 0.6 is 0 Å². The van der Waals surface area contributed by atoms with Crippen LogP contribution in [0.15, 0.2) is 0 Å². The molecule has 4 bridgehead atoms. The summed E-state index contributed by atoms with van der Waals surface area (Å²) in [5.41, 5.74) is 0.742. The quantitative estimate of drug-likeness (QED) is 0.769. The summed E-state index contributed by atoms with van der Waals surface area (Å²) >= 11 is 0. The van der Waals surface area contributed by atoms with Crippen molar-refractivity contribution in [2.24, 2.45) is 29.1 Å². The van der Waals surface area contributed by atoms with E-state index in [2.05, 4.69) is 26.1 Å². The molecule has 18 heavy (non-hydrogen) atoms. The van der Waals surface area contributed by atoms with Crippen molar-refractivity contribution in [1.29, 1.82) is 0 Å². The van der Waals surface area contributed by atoms with Gasteiger partial charge in [-0.2, -0.15) is 0 Å². The summed E-state index contributed by atoms with van der Waals surface area (Å²) < 4.78 is 0. The second kappa shape index (κ2) is 4.81. The third-order valence-corrected chi connectivity index (χ3v) is 6.09. The van der Waals surface area contributed by atoms with Gasteiger partial charge in [0, 0.05) is 6.04 Å². The highest BCUT2D eigenvalue weighted by molar-refractivity contribution is 5.02. The Kier molecular flexibility index (Phi) is 3.47. The van der Waals surface area contributed by atoms with Crippen molar-refractivity contribution < 1.29 is 0 Å². The van der Waals surface area contributed by atoms with Gasteiger partial charge in [0.2, 0.25) is 0 Å². The van der Waals surface area contributed by atoms with Gasteiger partial charge in [-0.25, -0.2) is 0 Å². The number of hydrogen-bond acceptors (Lipinski definition) is 1. The fourth-order valence-corrected chi connectivity index (χ4v) is 5.81. The predicted octanol–water partition coefficient (Wildman–Crippen LogP) is 4.23. The van der Waals surface area contributed by atoms with Crippen molar-refractivity contribution in [2.45, 2.75) is 71.8 Å². The molecule has 1 atom stereocenters. The van der Waals surface area contributed by atoms with Gasteiger partial charge in [-0.05, 0) is 80.6 Å². The van der Waals surface area contributed by atoms with E-state index in [0.717, 1.165) is 41.7 Å². The first-order valence-corrected chi connectivity index (χ1v) is 8.33. The molecule has 0 aromatic heterocycles. The summed E-state index contributed by atoms with van der Waals surface area (Å²) in [5.74, 6) is 4.10. The minimum atomic E-state index is 0.742. The monoisotopic (exact) mass is 249 g/mol. The molecule has 0 saturated heterocycles. The van der Waals surface area contributed by atoms with Gasteiger partial charge in [-0.3, -0.25) is 0 Å².